The summed E-state index contributed by atoms with van der Waals surface area (Å²) in [5.74, 6) is 1.12. The minimum absolute atomic E-state index is 0.0242. The lowest BCUT2D eigenvalue weighted by Gasteiger charge is -2.33. The highest BCUT2D eigenvalue weighted by Gasteiger charge is 2.30. The first-order valence-electron chi connectivity index (χ1n) is 6.72. The van der Waals surface area contributed by atoms with Gasteiger partial charge in [0.05, 0.1) is 6.54 Å². The van der Waals surface area contributed by atoms with Crippen molar-refractivity contribution in [2.45, 2.75) is 46.6 Å². The molecule has 0 fully saturated rings. The number of nitrogens with zero attached hydrogens (tertiary/aromatic N) is 1. The van der Waals surface area contributed by atoms with Crippen LogP contribution in [0.5, 0.6) is 0 Å². The van der Waals surface area contributed by atoms with E-state index in [-0.39, 0.29) is 11.9 Å². The Kier molecular flexibility index (Phi) is 5.99. The fourth-order valence-electron chi connectivity index (χ4n) is 1.87. The number of amidine groups is 1. The molecule has 0 bridgehead atoms. The van der Waals surface area contributed by atoms with Crippen molar-refractivity contribution in [1.82, 2.24) is 10.6 Å². The summed E-state index contributed by atoms with van der Waals surface area (Å²) in [6.45, 7) is 9.57. The first-order chi connectivity index (χ1) is 8.51. The molecule has 0 aromatic carbocycles. The Bertz CT molecular complexity index is 311. The minimum Gasteiger partial charge on any atom is -0.356 e. The number of rotatable bonds is 5. The molecule has 1 rings (SSSR count). The van der Waals surface area contributed by atoms with Crippen LogP contribution in [0, 0.1) is 5.41 Å². The summed E-state index contributed by atoms with van der Waals surface area (Å²) < 4.78 is 0. The molecule has 0 aromatic heterocycles. The summed E-state index contributed by atoms with van der Waals surface area (Å²) in [4.78, 5) is 16.1. The molecule has 0 unspecified atom stereocenters. The maximum Gasteiger partial charge on any atom is 0.239 e. The number of amides is 1. The van der Waals surface area contributed by atoms with E-state index >= 15 is 0 Å². The molecule has 2 N–H and O–H groups in total. The van der Waals surface area contributed by atoms with Crippen LogP contribution in [-0.4, -0.2) is 36.0 Å². The van der Waals surface area contributed by atoms with Crippen molar-refractivity contribution in [2.75, 3.05) is 18.8 Å². The van der Waals surface area contributed by atoms with E-state index < -0.39 is 0 Å². The van der Waals surface area contributed by atoms with Gasteiger partial charge >= 0.3 is 0 Å². The average Bonchev–Trinajstić information content (AvgIpc) is 2.36. The molecule has 1 aliphatic heterocycles. The quantitative estimate of drug-likeness (QED) is 0.804. The van der Waals surface area contributed by atoms with E-state index in [9.17, 15) is 4.79 Å². The number of hydrogen-bond donors (Lipinski definition) is 2. The molecule has 0 aromatic rings. The third kappa shape index (κ3) is 4.52. The average molecular weight is 271 g/mol. The van der Waals surface area contributed by atoms with E-state index in [4.69, 9.17) is 0 Å². The van der Waals surface area contributed by atoms with E-state index in [1.54, 1.807) is 11.8 Å². The highest BCUT2D eigenvalue weighted by atomic mass is 32.2. The van der Waals surface area contributed by atoms with E-state index in [2.05, 4.69) is 29.5 Å². The van der Waals surface area contributed by atoms with Gasteiger partial charge in [0.15, 0.2) is 5.17 Å². The fourth-order valence-corrected chi connectivity index (χ4v) is 3.14. The molecule has 0 radical (unpaired) electrons. The van der Waals surface area contributed by atoms with Gasteiger partial charge in [-0.15, -0.1) is 0 Å². The first kappa shape index (κ1) is 15.3. The van der Waals surface area contributed by atoms with Crippen LogP contribution >= 0.6 is 11.8 Å². The van der Waals surface area contributed by atoms with E-state index in [0.717, 1.165) is 17.5 Å². The Labute approximate surface area is 114 Å². The molecule has 0 spiro atoms. The highest BCUT2D eigenvalue weighted by Crippen LogP contribution is 2.34. The number of carbonyl (C=O) groups excluding carboxylic acids is 1. The summed E-state index contributed by atoms with van der Waals surface area (Å²) >= 11 is 1.74. The maximum atomic E-state index is 11.5. The predicted molar refractivity (Wildman–Crippen MR) is 79.1 cm³/mol. The summed E-state index contributed by atoms with van der Waals surface area (Å²) in [7, 11) is 0. The standard InChI is InChI=1S/C13H25N3OS/c1-5-13(6-2)8-15-12(18-9-13)14-7-11(17)16-10(3)4/h10H,5-9H2,1-4H3,(H,14,15)(H,16,17). The van der Waals surface area contributed by atoms with Crippen molar-refractivity contribution in [3.05, 3.63) is 0 Å². The predicted octanol–water partition coefficient (Wildman–Crippen LogP) is 2.01. The van der Waals surface area contributed by atoms with Gasteiger partial charge in [-0.25, -0.2) is 0 Å². The molecule has 0 aliphatic carbocycles. The first-order valence-corrected chi connectivity index (χ1v) is 7.70. The topological polar surface area (TPSA) is 53.5 Å². The summed E-state index contributed by atoms with van der Waals surface area (Å²) in [5, 5.41) is 6.88. The van der Waals surface area contributed by atoms with Crippen molar-refractivity contribution in [1.29, 1.82) is 0 Å². The van der Waals surface area contributed by atoms with Gasteiger partial charge in [0.1, 0.15) is 0 Å². The lowest BCUT2D eigenvalue weighted by Crippen LogP contribution is -2.41. The number of hydrogen-bond acceptors (Lipinski definition) is 4. The number of thioether (sulfide) groups is 1. The van der Waals surface area contributed by atoms with Crippen molar-refractivity contribution in [3.8, 4) is 0 Å². The molecule has 0 saturated carbocycles. The van der Waals surface area contributed by atoms with Crippen LogP contribution in [0.25, 0.3) is 0 Å². The molecule has 104 valence electrons. The third-order valence-corrected chi connectivity index (χ3v) is 4.73. The van der Waals surface area contributed by atoms with Gasteiger partial charge in [0, 0.05) is 18.3 Å². The minimum atomic E-state index is 0.0242. The number of nitrogens with one attached hydrogen (secondary N) is 2. The molecular formula is C13H25N3OS. The third-order valence-electron chi connectivity index (χ3n) is 3.42. The zero-order valence-electron chi connectivity index (χ0n) is 11.9. The smallest absolute Gasteiger partial charge is 0.239 e. The van der Waals surface area contributed by atoms with E-state index in [1.165, 1.54) is 12.8 Å². The van der Waals surface area contributed by atoms with Gasteiger partial charge in [-0.05, 0) is 32.1 Å². The molecule has 0 saturated heterocycles. The van der Waals surface area contributed by atoms with Crippen LogP contribution in [0.2, 0.25) is 0 Å². The molecular weight excluding hydrogens is 246 g/mol. The highest BCUT2D eigenvalue weighted by molar-refractivity contribution is 8.13. The van der Waals surface area contributed by atoms with Crippen molar-refractivity contribution >= 4 is 22.8 Å². The SMILES string of the molecule is CCC1(CC)CN=C(NCC(=O)NC(C)C)SC1. The number of carbonyl (C=O) groups is 1. The van der Waals surface area contributed by atoms with Crippen LogP contribution in [0.1, 0.15) is 40.5 Å². The maximum absolute atomic E-state index is 11.5. The van der Waals surface area contributed by atoms with Crippen LogP contribution < -0.4 is 10.6 Å². The van der Waals surface area contributed by atoms with E-state index in [0.29, 0.717) is 12.0 Å². The van der Waals surface area contributed by atoms with E-state index in [1.807, 2.05) is 13.8 Å². The van der Waals surface area contributed by atoms with Crippen molar-refractivity contribution < 1.29 is 4.79 Å². The van der Waals surface area contributed by atoms with Gasteiger partial charge in [-0.1, -0.05) is 25.6 Å². The molecule has 1 amide bonds. The molecule has 18 heavy (non-hydrogen) atoms. The van der Waals surface area contributed by atoms with Crippen LogP contribution in [-0.2, 0) is 4.79 Å². The van der Waals surface area contributed by atoms with Gasteiger partial charge in [-0.2, -0.15) is 0 Å². The molecule has 1 aliphatic rings. The lowest BCUT2D eigenvalue weighted by molar-refractivity contribution is -0.120. The summed E-state index contributed by atoms with van der Waals surface area (Å²) in [6.07, 6.45) is 2.34. The lowest BCUT2D eigenvalue weighted by atomic mass is 9.84. The molecule has 0 atom stereocenters. The van der Waals surface area contributed by atoms with Gasteiger partial charge in [-0.3, -0.25) is 9.79 Å². The largest absolute Gasteiger partial charge is 0.356 e. The zero-order chi connectivity index (χ0) is 13.6. The second kappa shape index (κ2) is 7.02. The zero-order valence-corrected chi connectivity index (χ0v) is 12.7. The number of aliphatic imine (C=N–C) groups is 1. The van der Waals surface area contributed by atoms with Crippen LogP contribution in [0.3, 0.4) is 0 Å². The molecule has 5 heteroatoms. The van der Waals surface area contributed by atoms with Crippen molar-refractivity contribution in [3.63, 3.8) is 0 Å². The van der Waals surface area contributed by atoms with Gasteiger partial charge in [0.25, 0.3) is 0 Å². The fraction of sp³-hybridized carbons (Fsp3) is 0.846. The van der Waals surface area contributed by atoms with Gasteiger partial charge < -0.3 is 10.6 Å². The van der Waals surface area contributed by atoms with Crippen LogP contribution in [0.4, 0.5) is 0 Å². The Morgan fingerprint density at radius 3 is 2.56 bits per heavy atom. The Morgan fingerprint density at radius 1 is 1.44 bits per heavy atom. The van der Waals surface area contributed by atoms with Crippen molar-refractivity contribution in [2.24, 2.45) is 10.4 Å². The summed E-state index contributed by atoms with van der Waals surface area (Å²) in [6, 6.07) is 0.188. The monoisotopic (exact) mass is 271 g/mol. The Morgan fingerprint density at radius 2 is 2.11 bits per heavy atom. The Balaban J connectivity index is 2.38. The van der Waals surface area contributed by atoms with Crippen LogP contribution in [0.15, 0.2) is 4.99 Å². The summed E-state index contributed by atoms with van der Waals surface area (Å²) in [5.41, 5.74) is 0.357. The second-order valence-electron chi connectivity index (χ2n) is 5.19. The molecule has 4 nitrogen and oxygen atoms in total. The molecule has 1 heterocycles. The normalized spacial score (nSPS) is 18.4. The second-order valence-corrected chi connectivity index (χ2v) is 6.16. The van der Waals surface area contributed by atoms with Gasteiger partial charge in [0.2, 0.25) is 5.91 Å². The Hall–Kier alpha value is -0.710.